The van der Waals surface area contributed by atoms with Crippen LogP contribution in [0.1, 0.15) is 40.8 Å². The first-order chi connectivity index (χ1) is 15.7. The van der Waals surface area contributed by atoms with E-state index in [0.717, 1.165) is 17.8 Å². The first kappa shape index (κ1) is 19.0. The number of anilines is 1. The van der Waals surface area contributed by atoms with Crippen LogP contribution < -0.4 is 10.9 Å². The predicted octanol–water partition coefficient (Wildman–Crippen LogP) is 4.58. The Morgan fingerprint density at radius 1 is 0.969 bits per heavy atom. The summed E-state index contributed by atoms with van der Waals surface area (Å²) in [5.41, 5.74) is 3.36. The van der Waals surface area contributed by atoms with E-state index in [9.17, 15) is 9.59 Å². The van der Waals surface area contributed by atoms with Gasteiger partial charge in [0.2, 0.25) is 0 Å². The molecule has 4 aromatic rings. The summed E-state index contributed by atoms with van der Waals surface area (Å²) in [6, 6.07) is 19.2. The average Bonchev–Trinajstić information content (AvgIpc) is 3.47. The molecule has 4 heterocycles. The van der Waals surface area contributed by atoms with E-state index in [-0.39, 0.29) is 17.3 Å². The molecule has 0 fully saturated rings. The Bertz CT molecular complexity index is 1380. The van der Waals surface area contributed by atoms with Gasteiger partial charge in [0.05, 0.1) is 22.9 Å². The van der Waals surface area contributed by atoms with Crippen LogP contribution in [0.4, 0.5) is 5.82 Å². The standard InChI is InChI=1S/C25H20N4O2S/c30-19-14-15(20-10-6-12-32-20)13-18-21(19)22(17-9-4-5-11-26-17)23-24(27-18)28-29(25(23)31)16-7-2-1-3-8-16/h1-12,15,22,27-28H,13-14H2/t15-,22-/m1/s1. The minimum absolute atomic E-state index is 0.0744. The molecule has 0 amide bonds. The van der Waals surface area contributed by atoms with Crippen LogP contribution in [0.3, 0.4) is 0 Å². The van der Waals surface area contributed by atoms with E-state index >= 15 is 0 Å². The van der Waals surface area contributed by atoms with Crippen molar-refractivity contribution < 1.29 is 4.79 Å². The second kappa shape index (κ2) is 7.46. The molecule has 0 spiro atoms. The van der Waals surface area contributed by atoms with Crippen molar-refractivity contribution in [2.45, 2.75) is 24.7 Å². The quantitative estimate of drug-likeness (QED) is 0.489. The smallest absolute Gasteiger partial charge is 0.277 e. The first-order valence-corrected chi connectivity index (χ1v) is 11.5. The molecule has 1 aromatic carbocycles. The Kier molecular flexibility index (Phi) is 4.43. The Balaban J connectivity index is 1.53. The van der Waals surface area contributed by atoms with Gasteiger partial charge in [-0.15, -0.1) is 11.3 Å². The van der Waals surface area contributed by atoms with Crippen LogP contribution >= 0.6 is 11.3 Å². The highest BCUT2D eigenvalue weighted by Crippen LogP contribution is 2.46. The van der Waals surface area contributed by atoms with Gasteiger partial charge in [0, 0.05) is 34.7 Å². The van der Waals surface area contributed by atoms with Gasteiger partial charge >= 0.3 is 0 Å². The summed E-state index contributed by atoms with van der Waals surface area (Å²) in [6.45, 7) is 0. The number of nitrogens with zero attached hydrogens (tertiary/aromatic N) is 2. The van der Waals surface area contributed by atoms with Gasteiger partial charge in [0.25, 0.3) is 5.56 Å². The number of hydrogen-bond acceptors (Lipinski definition) is 5. The van der Waals surface area contributed by atoms with Crippen molar-refractivity contribution in [1.29, 1.82) is 0 Å². The van der Waals surface area contributed by atoms with Crippen molar-refractivity contribution in [1.82, 2.24) is 14.8 Å². The van der Waals surface area contributed by atoms with E-state index < -0.39 is 5.92 Å². The third kappa shape index (κ3) is 2.97. The Morgan fingerprint density at radius 2 is 1.81 bits per heavy atom. The van der Waals surface area contributed by atoms with Crippen LogP contribution in [0.15, 0.2) is 88.3 Å². The van der Waals surface area contributed by atoms with Crippen LogP contribution in [0.2, 0.25) is 0 Å². The normalized spacial score (nSPS) is 19.9. The molecule has 1 aliphatic carbocycles. The van der Waals surface area contributed by atoms with E-state index in [4.69, 9.17) is 0 Å². The molecule has 0 saturated carbocycles. The van der Waals surface area contributed by atoms with Crippen LogP contribution in [0, 0.1) is 0 Å². The number of carbonyl (C=O) groups is 1. The summed E-state index contributed by atoms with van der Waals surface area (Å²) in [5.74, 6) is 0.355. The lowest BCUT2D eigenvalue weighted by Crippen LogP contribution is -2.32. The molecule has 6 rings (SSSR count). The molecule has 7 heteroatoms. The molecule has 32 heavy (non-hydrogen) atoms. The fraction of sp³-hybridized carbons (Fsp3) is 0.160. The molecule has 0 unspecified atom stereocenters. The number of carbonyl (C=O) groups excluding carboxylic acids is 1. The molecule has 0 radical (unpaired) electrons. The number of pyridine rings is 1. The van der Waals surface area contributed by atoms with E-state index in [1.54, 1.807) is 17.5 Å². The van der Waals surface area contributed by atoms with Gasteiger partial charge in [0.1, 0.15) is 5.82 Å². The third-order valence-corrected chi connectivity index (χ3v) is 7.27. The molecule has 6 nitrogen and oxygen atoms in total. The molecule has 3 aromatic heterocycles. The SMILES string of the molecule is O=C1C[C@H](c2cccs2)CC2=C1[C@@H](c1ccccn1)c1c([nH]n(-c3ccccc3)c1=O)N2. The Labute approximate surface area is 188 Å². The lowest BCUT2D eigenvalue weighted by atomic mass is 9.75. The number of rotatable bonds is 3. The zero-order chi connectivity index (χ0) is 21.7. The van der Waals surface area contributed by atoms with Crippen molar-refractivity contribution in [3.05, 3.63) is 110 Å². The van der Waals surface area contributed by atoms with Gasteiger partial charge in [-0.05, 0) is 42.1 Å². The van der Waals surface area contributed by atoms with Gasteiger partial charge in [-0.2, -0.15) is 0 Å². The number of ketones is 1. The maximum Gasteiger partial charge on any atom is 0.277 e. The minimum Gasteiger partial charge on any atom is -0.343 e. The number of Topliss-reactive ketones (excluding diaryl/α,β-unsaturated/α-hetero) is 1. The zero-order valence-corrected chi connectivity index (χ0v) is 17.9. The fourth-order valence-electron chi connectivity index (χ4n) is 4.82. The maximum atomic E-state index is 13.6. The molecule has 1 aliphatic heterocycles. The van der Waals surface area contributed by atoms with Crippen molar-refractivity contribution in [2.75, 3.05) is 5.32 Å². The number of allylic oxidation sites excluding steroid dienone is 2. The Morgan fingerprint density at radius 3 is 2.56 bits per heavy atom. The lowest BCUT2D eigenvalue weighted by molar-refractivity contribution is -0.116. The van der Waals surface area contributed by atoms with Crippen molar-refractivity contribution in [3.63, 3.8) is 0 Å². The summed E-state index contributed by atoms with van der Waals surface area (Å²) in [7, 11) is 0. The molecule has 2 atom stereocenters. The number of H-pyrrole nitrogens is 1. The van der Waals surface area contributed by atoms with E-state index in [2.05, 4.69) is 21.5 Å². The highest BCUT2D eigenvalue weighted by Gasteiger charge is 2.41. The molecule has 2 aliphatic rings. The van der Waals surface area contributed by atoms with Crippen LogP contribution in [-0.4, -0.2) is 20.5 Å². The number of fused-ring (bicyclic) bond motifs is 1. The molecular formula is C25H20N4O2S. The molecule has 158 valence electrons. The first-order valence-electron chi connectivity index (χ1n) is 10.6. The van der Waals surface area contributed by atoms with Crippen LogP contribution in [0.5, 0.6) is 0 Å². The summed E-state index contributed by atoms with van der Waals surface area (Å²) < 4.78 is 1.54. The number of aromatic nitrogens is 3. The number of aromatic amines is 1. The van der Waals surface area contributed by atoms with Crippen molar-refractivity contribution >= 4 is 22.9 Å². The van der Waals surface area contributed by atoms with E-state index in [0.29, 0.717) is 29.1 Å². The van der Waals surface area contributed by atoms with Crippen molar-refractivity contribution in [3.8, 4) is 5.69 Å². The lowest BCUT2D eigenvalue weighted by Gasteiger charge is -2.33. The molecule has 0 bridgehead atoms. The minimum atomic E-state index is -0.493. The third-order valence-electron chi connectivity index (χ3n) is 6.23. The average molecular weight is 441 g/mol. The van der Waals surface area contributed by atoms with Crippen LogP contribution in [-0.2, 0) is 4.79 Å². The molecular weight excluding hydrogens is 420 g/mol. The monoisotopic (exact) mass is 440 g/mol. The zero-order valence-electron chi connectivity index (χ0n) is 17.1. The summed E-state index contributed by atoms with van der Waals surface area (Å²) in [6.07, 6.45) is 2.88. The number of nitrogens with one attached hydrogen (secondary N) is 2. The number of para-hydroxylation sites is 1. The van der Waals surface area contributed by atoms with Gasteiger partial charge in [-0.3, -0.25) is 19.7 Å². The van der Waals surface area contributed by atoms with Gasteiger partial charge < -0.3 is 5.32 Å². The van der Waals surface area contributed by atoms with Gasteiger partial charge in [0.15, 0.2) is 5.78 Å². The summed E-state index contributed by atoms with van der Waals surface area (Å²) in [5, 5.41) is 8.69. The topological polar surface area (TPSA) is 79.8 Å². The number of benzene rings is 1. The highest BCUT2D eigenvalue weighted by molar-refractivity contribution is 7.10. The molecule has 0 saturated heterocycles. The van der Waals surface area contributed by atoms with E-state index in [1.807, 2.05) is 60.0 Å². The number of thiophene rings is 1. The highest BCUT2D eigenvalue weighted by atomic mass is 32.1. The fourth-order valence-corrected chi connectivity index (χ4v) is 5.65. The van der Waals surface area contributed by atoms with E-state index in [1.165, 1.54) is 9.56 Å². The van der Waals surface area contributed by atoms with Gasteiger partial charge in [-0.1, -0.05) is 30.3 Å². The van der Waals surface area contributed by atoms with Crippen LogP contribution in [0.25, 0.3) is 5.69 Å². The number of hydrogen-bond donors (Lipinski definition) is 2. The Hall–Kier alpha value is -3.71. The summed E-state index contributed by atoms with van der Waals surface area (Å²) >= 11 is 1.68. The summed E-state index contributed by atoms with van der Waals surface area (Å²) in [4.78, 5) is 32.8. The second-order valence-corrected chi connectivity index (χ2v) is 9.10. The largest absolute Gasteiger partial charge is 0.343 e. The van der Waals surface area contributed by atoms with Gasteiger partial charge in [-0.25, -0.2) is 4.68 Å². The molecule has 2 N–H and O–H groups in total. The maximum absolute atomic E-state index is 13.6. The predicted molar refractivity (Wildman–Crippen MR) is 124 cm³/mol. The second-order valence-electron chi connectivity index (χ2n) is 8.13. The van der Waals surface area contributed by atoms with Crippen molar-refractivity contribution in [2.24, 2.45) is 0 Å².